The topological polar surface area (TPSA) is 950 Å². The third-order valence-electron chi connectivity index (χ3n) is 21.2. The van der Waals surface area contributed by atoms with Crippen LogP contribution in [0.25, 0.3) is 0 Å². The van der Waals surface area contributed by atoms with E-state index in [2.05, 4.69) is 53.2 Å². The molecule has 4 saturated heterocycles. The molecule has 4 fully saturated rings. The van der Waals surface area contributed by atoms with Crippen LogP contribution < -0.4 is 69.1 Å². The van der Waals surface area contributed by atoms with Gasteiger partial charge < -0.3 is 204 Å². The number of carboxylic acid groups (broad SMARTS) is 6. The highest BCUT2D eigenvalue weighted by Gasteiger charge is 2.62. The van der Waals surface area contributed by atoms with Gasteiger partial charge in [-0.1, -0.05) is 27.7 Å². The monoisotopic (exact) mass is 1970 g/mol. The van der Waals surface area contributed by atoms with Crippen molar-refractivity contribution in [1.82, 2.24) is 69.1 Å². The van der Waals surface area contributed by atoms with Gasteiger partial charge in [0.15, 0.2) is 18.8 Å². The lowest BCUT2D eigenvalue weighted by Gasteiger charge is -2.52. The van der Waals surface area contributed by atoms with Crippen LogP contribution in [-0.2, 0) is 124 Å². The molecule has 0 aromatic rings. The number of carbonyl (C=O) groups excluding carboxylic acids is 13. The van der Waals surface area contributed by atoms with Gasteiger partial charge in [0.05, 0.1) is 70.7 Å². The number of aliphatic hydroxyl groups is 14. The molecule has 0 saturated carbocycles. The second-order valence-electron chi connectivity index (χ2n) is 33.2. The van der Waals surface area contributed by atoms with E-state index in [1.54, 1.807) is 0 Å². The fourth-order valence-corrected chi connectivity index (χ4v) is 14.4. The van der Waals surface area contributed by atoms with Gasteiger partial charge in [-0.2, -0.15) is 0 Å². The quantitative estimate of drug-likeness (QED) is 0.0269. The van der Waals surface area contributed by atoms with E-state index in [4.69, 9.17) is 38.3 Å². The molecule has 33 N–H and O–H groups in total. The van der Waals surface area contributed by atoms with E-state index in [0.717, 1.165) is 27.7 Å². The molecule has 772 valence electrons. The van der Waals surface area contributed by atoms with Crippen LogP contribution in [0.5, 0.6) is 0 Å². The van der Waals surface area contributed by atoms with Crippen LogP contribution in [-0.4, -0.2) is 443 Å². The van der Waals surface area contributed by atoms with E-state index in [1.165, 1.54) is 27.7 Å². The van der Waals surface area contributed by atoms with Crippen molar-refractivity contribution in [1.29, 1.82) is 0 Å². The summed E-state index contributed by atoms with van der Waals surface area (Å²) < 4.78 is 41.3. The lowest BCUT2D eigenvalue weighted by Crippen LogP contribution is -2.72. The number of ether oxygens (including phenoxy) is 7. The van der Waals surface area contributed by atoms with Crippen LogP contribution in [0.15, 0.2) is 0 Å². The van der Waals surface area contributed by atoms with Crippen molar-refractivity contribution in [3.8, 4) is 0 Å². The number of carboxylic acids is 6. The van der Waals surface area contributed by atoms with Gasteiger partial charge in [0.1, 0.15) is 146 Å². The molecular weight excluding hydrogens is 1840 g/mol. The van der Waals surface area contributed by atoms with Crippen molar-refractivity contribution in [2.45, 2.75) is 315 Å². The molecule has 0 aliphatic carbocycles. The van der Waals surface area contributed by atoms with E-state index >= 15 is 0 Å². The van der Waals surface area contributed by atoms with E-state index in [9.17, 15) is 188 Å². The van der Waals surface area contributed by atoms with Gasteiger partial charge in [0.2, 0.25) is 76.8 Å². The molecule has 0 unspecified atom stereocenters. The zero-order valence-electron chi connectivity index (χ0n) is 74.6. The Balaban J connectivity index is 1.74. The number of rotatable bonds is 55. The number of carbonyl (C=O) groups is 19. The maximum absolute atomic E-state index is 14.8. The molecule has 4 heterocycles. The third-order valence-corrected chi connectivity index (χ3v) is 21.2. The molecule has 0 spiro atoms. The van der Waals surface area contributed by atoms with Crippen molar-refractivity contribution < 1.29 is 226 Å². The van der Waals surface area contributed by atoms with Crippen LogP contribution in [0.4, 0.5) is 0 Å². The molecule has 13 amide bonds. The van der Waals surface area contributed by atoms with Crippen LogP contribution >= 0.6 is 0 Å². The Morgan fingerprint density at radius 3 is 1.26 bits per heavy atom. The molecule has 136 heavy (non-hydrogen) atoms. The minimum Gasteiger partial charge on any atom is -0.481 e. The normalized spacial score (nSPS) is 27.6. The summed E-state index contributed by atoms with van der Waals surface area (Å²) >= 11 is 0. The van der Waals surface area contributed by atoms with Crippen molar-refractivity contribution in [2.24, 2.45) is 11.8 Å². The lowest BCUT2D eigenvalue weighted by molar-refractivity contribution is -0.386. The Hall–Kier alpha value is -10.9. The average Bonchev–Trinajstić information content (AvgIpc) is 0.754. The first kappa shape index (κ1) is 117. The Morgan fingerprint density at radius 2 is 0.831 bits per heavy atom. The summed E-state index contributed by atoms with van der Waals surface area (Å²) in [4.78, 5) is 251. The van der Waals surface area contributed by atoms with Gasteiger partial charge in [-0.05, 0) is 50.9 Å². The molecule has 31 atom stereocenters. The van der Waals surface area contributed by atoms with Crippen LogP contribution in [0.1, 0.15) is 126 Å². The summed E-state index contributed by atoms with van der Waals surface area (Å²) in [5.41, 5.74) is 0. The maximum Gasteiger partial charge on any atom is 0.364 e. The van der Waals surface area contributed by atoms with Crippen molar-refractivity contribution in [2.75, 3.05) is 39.6 Å². The first-order chi connectivity index (χ1) is 63.5. The van der Waals surface area contributed by atoms with Crippen LogP contribution in [0.2, 0.25) is 0 Å². The first-order valence-corrected chi connectivity index (χ1v) is 42.4. The highest BCUT2D eigenvalue weighted by Crippen LogP contribution is 2.40. The minimum atomic E-state index is -3.38. The highest BCUT2D eigenvalue weighted by molar-refractivity contribution is 6.00. The van der Waals surface area contributed by atoms with E-state index in [-0.39, 0.29) is 0 Å². The molecule has 0 aromatic heterocycles. The van der Waals surface area contributed by atoms with Gasteiger partial charge in [0.25, 0.3) is 5.79 Å². The summed E-state index contributed by atoms with van der Waals surface area (Å²) in [7, 11) is 0. The van der Waals surface area contributed by atoms with Crippen LogP contribution in [0, 0.1) is 11.8 Å². The minimum absolute atomic E-state index is 0.393. The van der Waals surface area contributed by atoms with Crippen LogP contribution in [0.3, 0.4) is 0 Å². The molecule has 59 heteroatoms. The van der Waals surface area contributed by atoms with E-state index < -0.39 is 423 Å². The Labute approximate surface area is 771 Å². The molecule has 0 radical (unpaired) electrons. The molecule has 0 bridgehead atoms. The van der Waals surface area contributed by atoms with E-state index in [0.29, 0.717) is 0 Å². The Bertz CT molecular complexity index is 4130. The number of hydrogen-bond donors (Lipinski definition) is 33. The summed E-state index contributed by atoms with van der Waals surface area (Å²) in [5, 5.41) is 239. The number of nitrogens with one attached hydrogen (secondary N) is 13. The maximum atomic E-state index is 14.8. The van der Waals surface area contributed by atoms with Gasteiger partial charge in [-0.25, -0.2) is 9.59 Å². The summed E-state index contributed by atoms with van der Waals surface area (Å²) in [6.07, 6.45) is -52.7. The largest absolute Gasteiger partial charge is 0.481 e. The zero-order valence-corrected chi connectivity index (χ0v) is 74.6. The smallest absolute Gasteiger partial charge is 0.364 e. The second kappa shape index (κ2) is 54.9. The number of hydrogen-bond acceptors (Lipinski definition) is 40. The van der Waals surface area contributed by atoms with Gasteiger partial charge in [-0.3, -0.25) is 81.5 Å². The Kier molecular flexibility index (Phi) is 47.4. The van der Waals surface area contributed by atoms with Crippen molar-refractivity contribution in [3.63, 3.8) is 0 Å². The number of aliphatic carboxylic acids is 6. The van der Waals surface area contributed by atoms with E-state index in [1.807, 2.05) is 16.0 Å². The molecular formula is C77H123N13O46. The third kappa shape index (κ3) is 35.3. The summed E-state index contributed by atoms with van der Waals surface area (Å²) in [6.45, 7) is 2.34. The molecule has 4 aliphatic rings. The van der Waals surface area contributed by atoms with Gasteiger partial charge in [-0.15, -0.1) is 0 Å². The predicted octanol–water partition coefficient (Wildman–Crippen LogP) is -16.6. The second-order valence-corrected chi connectivity index (χ2v) is 33.2. The molecule has 4 rings (SSSR count). The first-order valence-electron chi connectivity index (χ1n) is 42.4. The van der Waals surface area contributed by atoms with Crippen molar-refractivity contribution >= 4 is 113 Å². The Morgan fingerprint density at radius 1 is 0.404 bits per heavy atom. The summed E-state index contributed by atoms with van der Waals surface area (Å²) in [5.74, 6) is -32.1. The highest BCUT2D eigenvalue weighted by atomic mass is 16.8. The van der Waals surface area contributed by atoms with Gasteiger partial charge >= 0.3 is 35.8 Å². The molecule has 59 nitrogen and oxygen atoms in total. The average molecular weight is 1970 g/mol. The fraction of sp³-hybridized carbons (Fsp3) is 0.753. The fourth-order valence-electron chi connectivity index (χ4n) is 14.4. The molecule has 0 aromatic carbocycles. The number of amides is 13. The predicted molar refractivity (Wildman–Crippen MR) is 439 cm³/mol. The number of aliphatic hydroxyl groups excluding tert-OH is 14. The van der Waals surface area contributed by atoms with Gasteiger partial charge in [0, 0.05) is 46.5 Å². The van der Waals surface area contributed by atoms with Crippen molar-refractivity contribution in [3.05, 3.63) is 0 Å². The SMILES string of the molecule is CC(=O)NCC(=O)N[C@@H](CC(=O)N[C@@H]1O[C@H](CO)[C@@H](O[C@@H]2O[C@H](CO)[C@H](O)[C@H](O[C@]3(C(=O)O)C[C@H](O)[C@@H](NC(C)=O)[C@H]([C@H](O)[C@H](O)CO)O3)[C@H]2O)[C@H](O[C@@H]2O[C@@H](CO)[C@@H](O)[C@@H](O)[C@@H]2O)[C@H]1NC(C)=O)C(=O)N[C@@H](CC(C)C)C(=O)N[C@H](C(=O)N[C@@H](CCC(=O)O)C(=O)N[C@@H](CC(C)C)C(=O)N[C@@H](CCC(=O)O)C(=O)N[C@@H](CO)C(=O)N[C@@H](CCC(=O)O)C(=O)N[C@@H](CC(=O)O)C(=O)O)[C@@H](C)O. The molecule has 4 aliphatic heterocycles. The standard InChI is InChI=1S/C77H123N13O46/c1-26(2)15-35(67(121)82-33(10-13-48(106)107)66(120)88-39(21-91)70(124)83-32(9-12-47(104)105)65(119)87-38(73(126)127)18-50(110)111)85-64(118)34(11-14-49(108)109)84-71(125)51(28(5)96)90-69(123)36(16-27(3)4)86-68(122)37(81-46(103)20-78-29(6)97)17-45(102)89-72-53(80-31(8)99)62(134-74-58(116)57(115)55(113)42(23-93)131-74)60(44(25-95)130-72)133-75-59(117)63(56(114)43(24-94)132-75)136-77(76(128)129)19-40(100)52(79-30(7)98)61(135-77)54(112)41(101)22-92/h26-28,32-44,51-63,72,74-75,91-96,100-101,112-117H,9-25H2,1-8H3,(H,78,97)(H,79,98)(H,80,99)(H,81,103)(H,82,121)(H,83,124)(H,84,125)(H,85,118)(H,86,122)(H,87,119)(H,88,120)(H,89,102)(H,90,123)(H,104,105)(H,106,107)(H,108,109)(H,110,111)(H,126,127)(H,128,129)/t28-,32+,33+,34+,35+,36+,37+,38+,39+,40+,41-,42+,43-,44-,51+,52-,53-,54-,55-,56+,57-,58+,59-,60-,61-,62-,63+,72-,74+,75+,77+/m1/s1. The summed E-state index contributed by atoms with van der Waals surface area (Å²) in [6, 6.07) is -22.5. The lowest BCUT2D eigenvalue weighted by atomic mass is 9.88. The zero-order chi connectivity index (χ0) is 103.